The molecule has 0 unspecified atom stereocenters. The topological polar surface area (TPSA) is 99.8 Å². The van der Waals surface area contributed by atoms with Crippen LogP contribution in [0.2, 0.25) is 0 Å². The van der Waals surface area contributed by atoms with Gasteiger partial charge in [0.1, 0.15) is 5.82 Å². The van der Waals surface area contributed by atoms with Crippen LogP contribution < -0.4 is 10.6 Å². The van der Waals surface area contributed by atoms with Gasteiger partial charge >= 0.3 is 6.03 Å². The Kier molecular flexibility index (Phi) is 5.76. The Labute approximate surface area is 129 Å². The van der Waals surface area contributed by atoms with Gasteiger partial charge in [-0.1, -0.05) is 24.8 Å². The van der Waals surface area contributed by atoms with Crippen molar-refractivity contribution in [3.05, 3.63) is 28.2 Å². The number of hydrogen-bond acceptors (Lipinski definition) is 6. The number of aryl methyl sites for hydroxylation is 1. The molecular weight excluding hydrogens is 310 g/mol. The predicted molar refractivity (Wildman–Crippen MR) is 81.2 cm³/mol. The molecule has 0 aromatic carbocycles. The fourth-order valence-electron chi connectivity index (χ4n) is 1.42. The zero-order valence-corrected chi connectivity index (χ0v) is 13.0. The second-order valence-electron chi connectivity index (χ2n) is 4.02. The van der Waals surface area contributed by atoms with Gasteiger partial charge in [-0.05, 0) is 11.4 Å². The number of hydrogen-bond donors (Lipinski definition) is 3. The smallest absolute Gasteiger partial charge is 0.321 e. The number of aromatic amines is 1. The van der Waals surface area contributed by atoms with Gasteiger partial charge in [0.2, 0.25) is 11.1 Å². The van der Waals surface area contributed by atoms with E-state index in [1.807, 2.05) is 24.4 Å². The second-order valence-corrected chi connectivity index (χ2v) is 5.99. The molecule has 0 fully saturated rings. The average Bonchev–Trinajstić information content (AvgIpc) is 3.14. The Hall–Kier alpha value is -1.87. The molecule has 0 saturated carbocycles. The number of amides is 3. The highest BCUT2D eigenvalue weighted by molar-refractivity contribution is 7.99. The molecule has 0 atom stereocenters. The summed E-state index contributed by atoms with van der Waals surface area (Å²) in [6.45, 7) is 2.37. The maximum absolute atomic E-state index is 11.6. The van der Waals surface area contributed by atoms with Crippen LogP contribution in [0.4, 0.5) is 4.79 Å². The Morgan fingerprint density at radius 2 is 2.33 bits per heavy atom. The summed E-state index contributed by atoms with van der Waals surface area (Å²) in [6, 6.07) is 3.32. The molecule has 0 aliphatic rings. The van der Waals surface area contributed by atoms with Crippen molar-refractivity contribution in [3.63, 3.8) is 0 Å². The first kappa shape index (κ1) is 15.5. The van der Waals surface area contributed by atoms with E-state index in [2.05, 4.69) is 25.8 Å². The van der Waals surface area contributed by atoms with E-state index in [4.69, 9.17) is 0 Å². The first-order valence-electron chi connectivity index (χ1n) is 6.31. The largest absolute Gasteiger partial charge is 0.333 e. The number of imide groups is 1. The van der Waals surface area contributed by atoms with Gasteiger partial charge in [0.25, 0.3) is 0 Å². The molecule has 112 valence electrons. The molecule has 21 heavy (non-hydrogen) atoms. The van der Waals surface area contributed by atoms with Gasteiger partial charge in [-0.15, -0.1) is 16.4 Å². The fraction of sp³-hybridized carbons (Fsp3) is 0.333. The molecule has 0 radical (unpaired) electrons. The number of thioether (sulfide) groups is 1. The van der Waals surface area contributed by atoms with Gasteiger partial charge in [0.15, 0.2) is 0 Å². The number of carbonyl (C=O) groups excluding carboxylic acids is 2. The first-order chi connectivity index (χ1) is 10.2. The van der Waals surface area contributed by atoms with Crippen LogP contribution in [-0.4, -0.2) is 32.9 Å². The van der Waals surface area contributed by atoms with Crippen LogP contribution in [0.5, 0.6) is 0 Å². The number of rotatable bonds is 6. The Bertz CT molecular complexity index is 597. The maximum Gasteiger partial charge on any atom is 0.321 e. The van der Waals surface area contributed by atoms with E-state index < -0.39 is 6.03 Å². The summed E-state index contributed by atoms with van der Waals surface area (Å²) in [5, 5.41) is 14.0. The number of aromatic nitrogens is 3. The van der Waals surface area contributed by atoms with Crippen LogP contribution in [-0.2, 0) is 17.8 Å². The second kappa shape index (κ2) is 7.79. The van der Waals surface area contributed by atoms with Crippen molar-refractivity contribution in [2.45, 2.75) is 25.0 Å². The van der Waals surface area contributed by atoms with E-state index in [9.17, 15) is 9.59 Å². The third kappa shape index (κ3) is 5.20. The summed E-state index contributed by atoms with van der Waals surface area (Å²) in [5.41, 5.74) is 0. The summed E-state index contributed by atoms with van der Waals surface area (Å²) in [5.74, 6) is 0.478. The van der Waals surface area contributed by atoms with Crippen molar-refractivity contribution in [1.29, 1.82) is 0 Å². The molecule has 0 aliphatic carbocycles. The molecular formula is C12H15N5O2S2. The van der Waals surface area contributed by atoms with Crippen molar-refractivity contribution in [2.24, 2.45) is 0 Å². The minimum Gasteiger partial charge on any atom is -0.333 e. The molecule has 2 aromatic rings. The molecule has 3 amide bonds. The van der Waals surface area contributed by atoms with E-state index in [1.54, 1.807) is 11.3 Å². The highest BCUT2D eigenvalue weighted by Gasteiger charge is 2.10. The highest BCUT2D eigenvalue weighted by atomic mass is 32.2. The molecule has 2 aromatic heterocycles. The van der Waals surface area contributed by atoms with Gasteiger partial charge in [0, 0.05) is 11.3 Å². The molecule has 3 N–H and O–H groups in total. The van der Waals surface area contributed by atoms with Crippen molar-refractivity contribution in [1.82, 2.24) is 25.8 Å². The Balaban J connectivity index is 1.67. The SMILES string of the molecule is CCc1nc(SCC(=O)NC(=O)NCc2cccs2)n[nH]1. The van der Waals surface area contributed by atoms with Crippen LogP contribution >= 0.6 is 23.1 Å². The fourth-order valence-corrected chi connectivity index (χ4v) is 2.68. The standard InChI is InChI=1S/C12H15N5O2S2/c1-2-9-14-12(17-16-9)21-7-10(18)15-11(19)13-6-8-4-3-5-20-8/h3-5H,2,6-7H2,1H3,(H,14,16,17)(H2,13,15,18,19). The third-order valence-corrected chi connectivity index (χ3v) is 4.16. The van der Waals surface area contributed by atoms with Crippen LogP contribution in [0.1, 0.15) is 17.6 Å². The summed E-state index contributed by atoms with van der Waals surface area (Å²) in [7, 11) is 0. The lowest BCUT2D eigenvalue weighted by atomic mass is 10.5. The number of carbonyl (C=O) groups is 2. The van der Waals surface area contributed by atoms with E-state index in [-0.39, 0.29) is 11.7 Å². The zero-order valence-electron chi connectivity index (χ0n) is 11.4. The van der Waals surface area contributed by atoms with E-state index in [0.717, 1.165) is 17.1 Å². The first-order valence-corrected chi connectivity index (χ1v) is 8.18. The van der Waals surface area contributed by atoms with Crippen molar-refractivity contribution < 1.29 is 9.59 Å². The number of urea groups is 1. The number of H-pyrrole nitrogens is 1. The van der Waals surface area contributed by atoms with Gasteiger partial charge < -0.3 is 5.32 Å². The molecule has 0 aliphatic heterocycles. The summed E-state index contributed by atoms with van der Waals surface area (Å²) in [6.07, 6.45) is 0.755. The van der Waals surface area contributed by atoms with E-state index in [1.165, 1.54) is 11.8 Å². The zero-order chi connectivity index (χ0) is 15.1. The minimum atomic E-state index is -0.502. The molecule has 7 nitrogen and oxygen atoms in total. The summed E-state index contributed by atoms with van der Waals surface area (Å²) in [4.78, 5) is 28.3. The summed E-state index contributed by atoms with van der Waals surface area (Å²) >= 11 is 2.72. The van der Waals surface area contributed by atoms with Crippen molar-refractivity contribution in [3.8, 4) is 0 Å². The monoisotopic (exact) mass is 325 g/mol. The van der Waals surface area contributed by atoms with Gasteiger partial charge in [-0.2, -0.15) is 0 Å². The van der Waals surface area contributed by atoms with E-state index in [0.29, 0.717) is 11.7 Å². The quantitative estimate of drug-likeness (QED) is 0.700. The van der Waals surface area contributed by atoms with E-state index >= 15 is 0 Å². The number of nitrogens with zero attached hydrogens (tertiary/aromatic N) is 2. The Morgan fingerprint density at radius 1 is 1.48 bits per heavy atom. The lowest BCUT2D eigenvalue weighted by Gasteiger charge is -2.04. The van der Waals surface area contributed by atoms with Crippen molar-refractivity contribution in [2.75, 3.05) is 5.75 Å². The van der Waals surface area contributed by atoms with Gasteiger partial charge in [-0.3, -0.25) is 15.2 Å². The van der Waals surface area contributed by atoms with Crippen LogP contribution in [0.25, 0.3) is 0 Å². The molecule has 2 heterocycles. The lowest BCUT2D eigenvalue weighted by molar-refractivity contribution is -0.117. The molecule has 9 heteroatoms. The maximum atomic E-state index is 11.6. The Morgan fingerprint density at radius 3 is 3.00 bits per heavy atom. The normalized spacial score (nSPS) is 10.3. The van der Waals surface area contributed by atoms with Crippen molar-refractivity contribution >= 4 is 35.0 Å². The highest BCUT2D eigenvalue weighted by Crippen LogP contribution is 2.11. The lowest BCUT2D eigenvalue weighted by Crippen LogP contribution is -2.39. The van der Waals surface area contributed by atoms with Gasteiger partial charge in [0.05, 0.1) is 12.3 Å². The van der Waals surface area contributed by atoms with Crippen LogP contribution in [0, 0.1) is 0 Å². The number of nitrogens with one attached hydrogen (secondary N) is 3. The predicted octanol–water partition coefficient (Wildman–Crippen LogP) is 1.55. The average molecular weight is 325 g/mol. The van der Waals surface area contributed by atoms with Gasteiger partial charge in [-0.25, -0.2) is 9.78 Å². The van der Waals surface area contributed by atoms with Crippen LogP contribution in [0.15, 0.2) is 22.7 Å². The molecule has 0 spiro atoms. The third-order valence-electron chi connectivity index (χ3n) is 2.43. The summed E-state index contributed by atoms with van der Waals surface area (Å²) < 4.78 is 0. The molecule has 2 rings (SSSR count). The van der Waals surface area contributed by atoms with Crippen LogP contribution in [0.3, 0.4) is 0 Å². The molecule has 0 saturated heterocycles. The number of thiophene rings is 1. The minimum absolute atomic E-state index is 0.0907. The molecule has 0 bridgehead atoms.